The normalized spacial score (nSPS) is 24.2. The lowest BCUT2D eigenvalue weighted by Crippen LogP contribution is -2.65. The molecule has 388 valence electrons. The monoisotopic (exact) mass is 1020 g/mol. The summed E-state index contributed by atoms with van der Waals surface area (Å²) >= 11 is 0. The quantitative estimate of drug-likeness (QED) is 0.0681. The van der Waals surface area contributed by atoms with Gasteiger partial charge in [-0.3, -0.25) is 24.6 Å². The number of likely N-dealkylation sites (tertiary alicyclic amines) is 2. The first-order valence-electron chi connectivity index (χ1n) is 25.6. The van der Waals surface area contributed by atoms with Crippen LogP contribution in [0.15, 0.2) is 78.0 Å². The second kappa shape index (κ2) is 19.5. The Morgan fingerprint density at radius 2 is 1.74 bits per heavy atom. The van der Waals surface area contributed by atoms with E-state index in [1.807, 2.05) is 13.8 Å². The van der Waals surface area contributed by atoms with Crippen LogP contribution in [-0.4, -0.2) is 114 Å². The number of rotatable bonds is 12. The molecule has 73 heavy (non-hydrogen) atoms. The molecule has 5 aliphatic rings. The second-order valence-corrected chi connectivity index (χ2v) is 23.6. The first-order chi connectivity index (χ1) is 34.8. The zero-order chi connectivity index (χ0) is 51.6. The Hall–Kier alpha value is -6.31. The summed E-state index contributed by atoms with van der Waals surface area (Å²) in [4.78, 5) is 52.6. The molecule has 17 nitrogen and oxygen atoms in total. The lowest BCUT2D eigenvalue weighted by molar-refractivity contribution is -0.384. The van der Waals surface area contributed by atoms with E-state index < -0.39 is 42.9 Å². The number of nitro benzene ring substituents is 1. The van der Waals surface area contributed by atoms with Gasteiger partial charge in [0.2, 0.25) is 5.91 Å². The van der Waals surface area contributed by atoms with Crippen molar-refractivity contribution in [3.63, 3.8) is 0 Å². The predicted octanol–water partition coefficient (Wildman–Crippen LogP) is 8.70. The molecule has 4 N–H and O–H groups in total. The van der Waals surface area contributed by atoms with Gasteiger partial charge in [0.1, 0.15) is 29.6 Å². The molecule has 3 aromatic carbocycles. The number of aromatic nitrogens is 2. The molecular formula is C54H65FN8O9S. The molecule has 1 spiro atoms. The van der Waals surface area contributed by atoms with Gasteiger partial charge in [-0.05, 0) is 98.4 Å². The number of pyridine rings is 1. The van der Waals surface area contributed by atoms with Crippen molar-refractivity contribution in [3.05, 3.63) is 106 Å². The highest BCUT2D eigenvalue weighted by Crippen LogP contribution is 2.48. The van der Waals surface area contributed by atoms with E-state index in [9.17, 15) is 37.6 Å². The van der Waals surface area contributed by atoms with Gasteiger partial charge in [-0.1, -0.05) is 52.0 Å². The van der Waals surface area contributed by atoms with Crippen LogP contribution in [0.5, 0.6) is 17.2 Å². The van der Waals surface area contributed by atoms with Crippen molar-refractivity contribution in [2.24, 2.45) is 17.3 Å². The Bertz CT molecular complexity index is 3050. The number of halogens is 1. The average molecular weight is 1020 g/mol. The maximum atomic E-state index is 14.7. The van der Waals surface area contributed by atoms with E-state index >= 15 is 0 Å². The highest BCUT2D eigenvalue weighted by Gasteiger charge is 2.50. The van der Waals surface area contributed by atoms with Crippen molar-refractivity contribution in [1.82, 2.24) is 24.5 Å². The number of aliphatic hydroxyl groups is 1. The molecule has 0 unspecified atom stereocenters. The van der Waals surface area contributed by atoms with Gasteiger partial charge in [0.05, 0.1) is 38.6 Å². The number of aromatic amines is 1. The summed E-state index contributed by atoms with van der Waals surface area (Å²) in [7, 11) is -4.74. The van der Waals surface area contributed by atoms with Crippen molar-refractivity contribution in [3.8, 4) is 17.2 Å². The van der Waals surface area contributed by atoms with Gasteiger partial charge in [-0.2, -0.15) is 0 Å². The van der Waals surface area contributed by atoms with E-state index in [1.165, 1.54) is 35.7 Å². The molecule has 4 aliphatic heterocycles. The van der Waals surface area contributed by atoms with E-state index in [2.05, 4.69) is 72.8 Å². The van der Waals surface area contributed by atoms with Gasteiger partial charge in [0, 0.05) is 87.2 Å². The molecule has 6 heterocycles. The molecule has 2 amide bonds. The first-order valence-corrected chi connectivity index (χ1v) is 27.1. The summed E-state index contributed by atoms with van der Waals surface area (Å²) in [5.74, 6) is -0.785. The van der Waals surface area contributed by atoms with Gasteiger partial charge in [-0.15, -0.1) is 0 Å². The minimum Gasteiger partial charge on any atom is -0.489 e. The van der Waals surface area contributed by atoms with Crippen molar-refractivity contribution < 1.29 is 41.9 Å². The number of amides is 2. The van der Waals surface area contributed by atoms with Gasteiger partial charge in [0.15, 0.2) is 11.4 Å². The number of carbonyl (C=O) groups excluding carboxylic acids is 2. The number of hydrogen-bond acceptors (Lipinski definition) is 13. The van der Waals surface area contributed by atoms with E-state index in [1.54, 1.807) is 19.1 Å². The number of sulfonamides is 1. The second-order valence-electron chi connectivity index (χ2n) is 22.0. The molecule has 10 rings (SSSR count). The Labute approximate surface area is 425 Å². The molecular weight excluding hydrogens is 956 g/mol. The van der Waals surface area contributed by atoms with Gasteiger partial charge >= 0.3 is 0 Å². The molecule has 4 fully saturated rings. The molecule has 1 saturated carbocycles. The van der Waals surface area contributed by atoms with Crippen LogP contribution in [-0.2, 0) is 14.8 Å². The van der Waals surface area contributed by atoms with Crippen LogP contribution < -0.4 is 24.4 Å². The van der Waals surface area contributed by atoms with Gasteiger partial charge < -0.3 is 34.7 Å². The van der Waals surface area contributed by atoms with Gasteiger partial charge in [-0.25, -0.2) is 22.5 Å². The smallest absolute Gasteiger partial charge is 0.297 e. The van der Waals surface area contributed by atoms with Crippen molar-refractivity contribution in [2.45, 2.75) is 114 Å². The Balaban J connectivity index is 0.863. The molecule has 2 aromatic heterocycles. The predicted molar refractivity (Wildman–Crippen MR) is 274 cm³/mol. The molecule has 5 aromatic rings. The van der Waals surface area contributed by atoms with Crippen LogP contribution in [0, 0.1) is 33.2 Å². The Morgan fingerprint density at radius 1 is 1.00 bits per heavy atom. The lowest BCUT2D eigenvalue weighted by atomic mass is 9.69. The average Bonchev–Trinajstić information content (AvgIpc) is 3.73. The molecule has 19 heteroatoms. The minimum absolute atomic E-state index is 0.00775. The fourth-order valence-electron chi connectivity index (χ4n) is 12.0. The Kier molecular flexibility index (Phi) is 13.4. The number of nitrogens with zero attached hydrogens (tertiary/aromatic N) is 5. The van der Waals surface area contributed by atoms with Crippen LogP contribution in [0.3, 0.4) is 0 Å². The maximum absolute atomic E-state index is 14.7. The van der Waals surface area contributed by atoms with Crippen LogP contribution in [0.25, 0.3) is 11.0 Å². The van der Waals surface area contributed by atoms with Crippen molar-refractivity contribution in [2.75, 3.05) is 56.1 Å². The van der Waals surface area contributed by atoms with Crippen molar-refractivity contribution >= 4 is 49.9 Å². The third-order valence-electron chi connectivity index (χ3n) is 16.2. The SMILES string of the molecule is CC(C)C(=O)N1CC[C@H](N2CC3(CCN(c4ccc(C(=O)NS(=O)(=O)c5cc6c(c([N+](=O)[O-])c5)N[C@@H]([C@H]5CC[C@](C)(O)CC5)CO6)c(Oc5cnc6[nH]cc(F)c6c5)c4)CC3)C2)[C@H](c2ccccc2C(C)C)C1. The number of nitro groups is 1. The molecule has 0 bridgehead atoms. The van der Waals surface area contributed by atoms with E-state index in [0.29, 0.717) is 62.9 Å². The number of benzene rings is 3. The number of piperidine rings is 2. The summed E-state index contributed by atoms with van der Waals surface area (Å²) in [5, 5.41) is 26.3. The summed E-state index contributed by atoms with van der Waals surface area (Å²) in [6, 6.07) is 17.1. The third-order valence-corrected chi connectivity index (χ3v) is 17.6. The minimum atomic E-state index is -4.74. The largest absolute Gasteiger partial charge is 0.489 e. The van der Waals surface area contributed by atoms with E-state index in [0.717, 1.165) is 56.7 Å². The van der Waals surface area contributed by atoms with E-state index in [4.69, 9.17) is 9.47 Å². The number of hydrogen-bond donors (Lipinski definition) is 4. The first kappa shape index (κ1) is 50.2. The molecule has 3 atom stereocenters. The number of anilines is 2. The third kappa shape index (κ3) is 10.1. The van der Waals surface area contributed by atoms with Crippen LogP contribution in [0.4, 0.5) is 21.5 Å². The number of ether oxygens (including phenoxy) is 2. The lowest BCUT2D eigenvalue weighted by Gasteiger charge is -2.59. The summed E-state index contributed by atoms with van der Waals surface area (Å²) in [5.41, 5.74) is 2.40. The Morgan fingerprint density at radius 3 is 2.45 bits per heavy atom. The zero-order valence-corrected chi connectivity index (χ0v) is 42.8. The fraction of sp³-hybridized carbons (Fsp3) is 0.500. The standard InChI is InChI=1S/C54H65FN8O9S/c1-32(2)38-8-6-7-9-39(38)42-28-61(52(65)33(3)4)19-14-45(42)62-30-54(31-62)17-20-60(21-18-54)35-10-11-40(47(22-35)72-36-23-41-43(55)27-57-50(41)56-26-36)51(64)59-73(69,70)37-24-46(63(67)68)49-48(25-37)71-29-44(58-49)34-12-15-53(5,66)16-13-34/h6-11,22-27,32-34,42,44-45,58,66H,12-21,28-31H2,1-5H3,(H,56,57)(H,59,64)/t34-,42-,44+,45-,53-/m0/s1. The topological polar surface area (TPSA) is 213 Å². The van der Waals surface area contributed by atoms with Crippen LogP contribution in [0.2, 0.25) is 0 Å². The highest BCUT2D eigenvalue weighted by molar-refractivity contribution is 7.90. The summed E-state index contributed by atoms with van der Waals surface area (Å²) in [6.45, 7) is 15.1. The highest BCUT2D eigenvalue weighted by atomic mass is 32.2. The van der Waals surface area contributed by atoms with Crippen LogP contribution >= 0.6 is 0 Å². The zero-order valence-electron chi connectivity index (χ0n) is 42.0. The van der Waals surface area contributed by atoms with Crippen LogP contribution in [0.1, 0.15) is 113 Å². The molecule has 0 radical (unpaired) electrons. The van der Waals surface area contributed by atoms with Gasteiger partial charge in [0.25, 0.3) is 21.6 Å². The van der Waals surface area contributed by atoms with E-state index in [-0.39, 0.29) is 75.6 Å². The number of fused-ring (bicyclic) bond motifs is 2. The molecule has 1 aliphatic carbocycles. The summed E-state index contributed by atoms with van der Waals surface area (Å²) < 4.78 is 57.1. The van der Waals surface area contributed by atoms with Crippen molar-refractivity contribution in [1.29, 1.82) is 0 Å². The number of carbonyl (C=O) groups is 2. The number of nitrogens with one attached hydrogen (secondary N) is 3. The fourth-order valence-corrected chi connectivity index (χ4v) is 13.0. The number of H-pyrrole nitrogens is 1. The summed E-state index contributed by atoms with van der Waals surface area (Å²) in [6.07, 6.45) is 7.83. The maximum Gasteiger partial charge on any atom is 0.297 e. The molecule has 3 saturated heterocycles.